The molecule has 1 atom stereocenters. The monoisotopic (exact) mass is 431 g/mol. The second-order valence-corrected chi connectivity index (χ2v) is 8.08. The summed E-state index contributed by atoms with van der Waals surface area (Å²) in [5.41, 5.74) is 11.5. The number of hydrogen-bond donors (Lipinski definition) is 2. The first kappa shape index (κ1) is 20.8. The van der Waals surface area contributed by atoms with E-state index in [2.05, 4.69) is 69.9 Å². The molecule has 2 heterocycles. The maximum Gasteiger partial charge on any atom is 0.223 e. The van der Waals surface area contributed by atoms with E-state index < -0.39 is 0 Å². The molecule has 5 heteroatoms. The molecule has 5 aromatic rings. The van der Waals surface area contributed by atoms with Gasteiger partial charge in [0.05, 0.1) is 5.69 Å². The smallest absolute Gasteiger partial charge is 0.223 e. The fourth-order valence-corrected chi connectivity index (χ4v) is 3.98. The fraction of sp³-hybridized carbons (Fsp3) is 0.107. The molecule has 3 aromatic carbocycles. The van der Waals surface area contributed by atoms with Crippen LogP contribution >= 0.6 is 0 Å². The predicted octanol–water partition coefficient (Wildman–Crippen LogP) is 5.34. The number of nitrogens with two attached hydrogens (primary N) is 1. The molecule has 0 unspecified atom stereocenters. The third-order valence-corrected chi connectivity index (χ3v) is 5.67. The summed E-state index contributed by atoms with van der Waals surface area (Å²) in [5, 5.41) is 5.71. The summed E-state index contributed by atoms with van der Waals surface area (Å²) in [6.45, 7) is 0.583. The number of pyridine rings is 1. The van der Waals surface area contributed by atoms with Crippen LogP contribution in [0.3, 0.4) is 0 Å². The van der Waals surface area contributed by atoms with E-state index in [9.17, 15) is 0 Å². The van der Waals surface area contributed by atoms with Crippen LogP contribution in [0.4, 0.5) is 5.95 Å². The van der Waals surface area contributed by atoms with E-state index in [0.717, 1.165) is 28.8 Å². The summed E-state index contributed by atoms with van der Waals surface area (Å²) in [4.78, 5) is 13.6. The number of aromatic nitrogens is 3. The van der Waals surface area contributed by atoms with Gasteiger partial charge in [0.1, 0.15) is 0 Å². The van der Waals surface area contributed by atoms with Crippen molar-refractivity contribution < 1.29 is 0 Å². The topological polar surface area (TPSA) is 76.7 Å². The van der Waals surface area contributed by atoms with Crippen molar-refractivity contribution >= 4 is 16.7 Å². The van der Waals surface area contributed by atoms with Crippen molar-refractivity contribution in [3.63, 3.8) is 0 Å². The van der Waals surface area contributed by atoms with Gasteiger partial charge in [-0.15, -0.1) is 0 Å². The Hall–Kier alpha value is -4.09. The standard InChI is InChI=1S/C28H25N5/c29-25(16-20-6-2-1-3-7-20)18-31-28-32-19-26(27(33-28)22-12-14-30-15-13-22)24-11-10-21-8-4-5-9-23(21)17-24/h1-15,17,19,25H,16,18,29H2,(H,31,32,33)/t25-/m0/s1. The van der Waals surface area contributed by atoms with Crippen molar-refractivity contribution in [3.8, 4) is 22.4 Å². The summed E-state index contributed by atoms with van der Waals surface area (Å²) < 4.78 is 0. The largest absolute Gasteiger partial charge is 0.353 e. The molecule has 0 bridgehead atoms. The van der Waals surface area contributed by atoms with Crippen LogP contribution in [0.15, 0.2) is 104 Å². The molecule has 3 N–H and O–H groups in total. The average molecular weight is 432 g/mol. The molecule has 0 aliphatic rings. The SMILES string of the molecule is N[C@H](CNc1ncc(-c2ccc3ccccc3c2)c(-c2ccncc2)n1)Cc1ccccc1. The molecule has 0 saturated heterocycles. The van der Waals surface area contributed by atoms with E-state index in [1.165, 1.54) is 16.3 Å². The molecule has 162 valence electrons. The van der Waals surface area contributed by atoms with Gasteiger partial charge in [-0.3, -0.25) is 4.98 Å². The predicted molar refractivity (Wildman–Crippen MR) is 135 cm³/mol. The summed E-state index contributed by atoms with van der Waals surface area (Å²) in [5.74, 6) is 0.565. The lowest BCUT2D eigenvalue weighted by Gasteiger charge is -2.15. The normalized spacial score (nSPS) is 11.9. The zero-order valence-corrected chi connectivity index (χ0v) is 18.2. The van der Waals surface area contributed by atoms with Gasteiger partial charge in [0.15, 0.2) is 0 Å². The van der Waals surface area contributed by atoms with E-state index in [1.54, 1.807) is 12.4 Å². The molecule has 0 radical (unpaired) electrons. The number of anilines is 1. The molecular weight excluding hydrogens is 406 g/mol. The van der Waals surface area contributed by atoms with E-state index in [0.29, 0.717) is 12.5 Å². The van der Waals surface area contributed by atoms with Crippen LogP contribution in [0, 0.1) is 0 Å². The lowest BCUT2D eigenvalue weighted by atomic mass is 9.98. The summed E-state index contributed by atoms with van der Waals surface area (Å²) in [7, 11) is 0. The van der Waals surface area contributed by atoms with Crippen LogP contribution in [0.1, 0.15) is 5.56 Å². The van der Waals surface area contributed by atoms with Gasteiger partial charge in [-0.05, 0) is 46.5 Å². The average Bonchev–Trinajstić information content (AvgIpc) is 2.88. The Labute approximate surface area is 193 Å². The van der Waals surface area contributed by atoms with Gasteiger partial charge in [0.2, 0.25) is 5.95 Å². The Bertz CT molecular complexity index is 1350. The fourth-order valence-electron chi connectivity index (χ4n) is 3.98. The van der Waals surface area contributed by atoms with Crippen LogP contribution in [-0.4, -0.2) is 27.5 Å². The first-order valence-electron chi connectivity index (χ1n) is 11.1. The van der Waals surface area contributed by atoms with Gasteiger partial charge >= 0.3 is 0 Å². The Morgan fingerprint density at radius 1 is 0.788 bits per heavy atom. The molecule has 33 heavy (non-hydrogen) atoms. The molecule has 0 spiro atoms. The number of benzene rings is 3. The van der Waals surface area contributed by atoms with Crippen molar-refractivity contribution in [1.29, 1.82) is 0 Å². The van der Waals surface area contributed by atoms with Crippen molar-refractivity contribution in [1.82, 2.24) is 15.0 Å². The highest BCUT2D eigenvalue weighted by molar-refractivity contribution is 5.90. The molecule has 2 aromatic heterocycles. The molecule has 0 aliphatic carbocycles. The summed E-state index contributed by atoms with van der Waals surface area (Å²) in [6, 6.07) is 28.9. The minimum absolute atomic E-state index is 0.0412. The minimum Gasteiger partial charge on any atom is -0.353 e. The van der Waals surface area contributed by atoms with Gasteiger partial charge < -0.3 is 11.1 Å². The van der Waals surface area contributed by atoms with E-state index >= 15 is 0 Å². The van der Waals surface area contributed by atoms with Crippen LogP contribution in [0.2, 0.25) is 0 Å². The molecule has 0 fully saturated rings. The molecule has 5 nitrogen and oxygen atoms in total. The third kappa shape index (κ3) is 4.89. The van der Waals surface area contributed by atoms with Crippen molar-refractivity contribution in [3.05, 3.63) is 109 Å². The summed E-state index contributed by atoms with van der Waals surface area (Å²) >= 11 is 0. The number of fused-ring (bicyclic) bond motifs is 1. The first-order valence-corrected chi connectivity index (χ1v) is 11.1. The van der Waals surface area contributed by atoms with E-state index in [4.69, 9.17) is 10.7 Å². The molecular formula is C28H25N5. The van der Waals surface area contributed by atoms with Gasteiger partial charge in [0.25, 0.3) is 0 Å². The number of hydrogen-bond acceptors (Lipinski definition) is 5. The third-order valence-electron chi connectivity index (χ3n) is 5.67. The molecule has 0 amide bonds. The second kappa shape index (κ2) is 9.59. The minimum atomic E-state index is -0.0412. The molecule has 0 aliphatic heterocycles. The number of nitrogens with one attached hydrogen (secondary N) is 1. The summed E-state index contributed by atoms with van der Waals surface area (Å²) in [6.07, 6.45) is 6.24. The highest BCUT2D eigenvalue weighted by Crippen LogP contribution is 2.32. The van der Waals surface area contributed by atoms with Crippen LogP contribution < -0.4 is 11.1 Å². The lowest BCUT2D eigenvalue weighted by Crippen LogP contribution is -2.31. The van der Waals surface area contributed by atoms with Crippen LogP contribution in [-0.2, 0) is 6.42 Å². The van der Waals surface area contributed by atoms with Gasteiger partial charge in [-0.1, -0.05) is 66.7 Å². The highest BCUT2D eigenvalue weighted by Gasteiger charge is 2.13. The van der Waals surface area contributed by atoms with Gasteiger partial charge in [-0.2, -0.15) is 0 Å². The van der Waals surface area contributed by atoms with E-state index in [-0.39, 0.29) is 6.04 Å². The molecule has 5 rings (SSSR count). The quantitative estimate of drug-likeness (QED) is 0.364. The van der Waals surface area contributed by atoms with E-state index in [1.807, 2.05) is 36.5 Å². The Morgan fingerprint density at radius 2 is 1.55 bits per heavy atom. The zero-order chi connectivity index (χ0) is 22.5. The maximum absolute atomic E-state index is 6.35. The van der Waals surface area contributed by atoms with Gasteiger partial charge in [0, 0.05) is 42.3 Å². The zero-order valence-electron chi connectivity index (χ0n) is 18.2. The van der Waals surface area contributed by atoms with Crippen molar-refractivity contribution in [2.45, 2.75) is 12.5 Å². The van der Waals surface area contributed by atoms with Crippen molar-refractivity contribution in [2.75, 3.05) is 11.9 Å². The number of rotatable bonds is 7. The van der Waals surface area contributed by atoms with Crippen LogP contribution in [0.25, 0.3) is 33.2 Å². The molecule has 0 saturated carbocycles. The van der Waals surface area contributed by atoms with Gasteiger partial charge in [-0.25, -0.2) is 9.97 Å². The number of nitrogens with zero attached hydrogens (tertiary/aromatic N) is 3. The second-order valence-electron chi connectivity index (χ2n) is 8.08. The lowest BCUT2D eigenvalue weighted by molar-refractivity contribution is 0.696. The Morgan fingerprint density at radius 3 is 2.36 bits per heavy atom. The highest BCUT2D eigenvalue weighted by atomic mass is 15.1. The first-order chi connectivity index (χ1) is 16.3. The Kier molecular flexibility index (Phi) is 6.04. The Balaban J connectivity index is 1.43. The maximum atomic E-state index is 6.35. The van der Waals surface area contributed by atoms with Crippen molar-refractivity contribution in [2.24, 2.45) is 5.73 Å². The van der Waals surface area contributed by atoms with Crippen LogP contribution in [0.5, 0.6) is 0 Å².